The van der Waals surface area contributed by atoms with Gasteiger partial charge < -0.3 is 9.84 Å². The molecule has 1 aromatic rings. The third-order valence-electron chi connectivity index (χ3n) is 4.70. The fourth-order valence-corrected chi connectivity index (χ4v) is 3.74. The van der Waals surface area contributed by atoms with Gasteiger partial charge in [-0.2, -0.15) is 0 Å². The van der Waals surface area contributed by atoms with Crippen LogP contribution in [0, 0.1) is 5.92 Å². The van der Waals surface area contributed by atoms with Gasteiger partial charge in [-0.25, -0.2) is 0 Å². The quantitative estimate of drug-likeness (QED) is 0.853. The van der Waals surface area contributed by atoms with E-state index in [0.29, 0.717) is 5.92 Å². The molecular weight excluding hydrogens is 256 g/mol. The van der Waals surface area contributed by atoms with E-state index in [4.69, 9.17) is 4.74 Å². The number of rotatable bonds is 3. The molecule has 1 saturated carbocycles. The van der Waals surface area contributed by atoms with Gasteiger partial charge in [0.1, 0.15) is 0 Å². The van der Waals surface area contributed by atoms with E-state index in [1.165, 1.54) is 24.2 Å². The fraction of sp³-hybridized carbons (Fsp3) is 0.625. The molecule has 104 valence electrons. The standard InChI is InChI=1S/C16H22O2S/c1-19-14-5-3-12(4-6-14)15(17)13-7-10-18-16(11-13)8-2-9-16/h3-6,13,15,17H,2,7-11H2,1H3. The van der Waals surface area contributed by atoms with E-state index in [0.717, 1.165) is 25.0 Å². The van der Waals surface area contributed by atoms with Crippen LogP contribution in [0.2, 0.25) is 0 Å². The van der Waals surface area contributed by atoms with Gasteiger partial charge in [-0.1, -0.05) is 12.1 Å². The molecule has 1 aliphatic carbocycles. The van der Waals surface area contributed by atoms with Crippen molar-refractivity contribution in [1.82, 2.24) is 0 Å². The Morgan fingerprint density at radius 1 is 1.32 bits per heavy atom. The van der Waals surface area contributed by atoms with Crippen molar-refractivity contribution in [2.75, 3.05) is 12.9 Å². The number of hydrogen-bond donors (Lipinski definition) is 1. The largest absolute Gasteiger partial charge is 0.388 e. The van der Waals surface area contributed by atoms with Crippen LogP contribution in [-0.4, -0.2) is 23.6 Å². The van der Waals surface area contributed by atoms with Crippen LogP contribution in [0.25, 0.3) is 0 Å². The van der Waals surface area contributed by atoms with E-state index < -0.39 is 0 Å². The summed E-state index contributed by atoms with van der Waals surface area (Å²) in [5.74, 6) is 0.356. The van der Waals surface area contributed by atoms with Crippen LogP contribution >= 0.6 is 11.8 Å². The molecule has 1 aromatic carbocycles. The Labute approximate surface area is 119 Å². The lowest BCUT2D eigenvalue weighted by molar-refractivity contribution is -0.157. The fourth-order valence-electron chi connectivity index (χ4n) is 3.33. The Bertz CT molecular complexity index is 425. The molecule has 2 atom stereocenters. The van der Waals surface area contributed by atoms with Crippen molar-refractivity contribution in [2.45, 2.75) is 48.7 Å². The zero-order valence-electron chi connectivity index (χ0n) is 11.5. The highest BCUT2D eigenvalue weighted by Crippen LogP contribution is 2.47. The molecular formula is C16H22O2S. The Morgan fingerprint density at radius 3 is 2.63 bits per heavy atom. The highest BCUT2D eigenvalue weighted by Gasteiger charge is 2.44. The molecule has 0 radical (unpaired) electrons. The molecule has 1 saturated heterocycles. The molecule has 0 bridgehead atoms. The zero-order valence-corrected chi connectivity index (χ0v) is 12.3. The molecule has 1 aliphatic heterocycles. The molecule has 2 unspecified atom stereocenters. The van der Waals surface area contributed by atoms with Crippen molar-refractivity contribution in [3.05, 3.63) is 29.8 Å². The Kier molecular flexibility index (Phi) is 3.88. The number of thioether (sulfide) groups is 1. The second kappa shape index (κ2) is 5.47. The first kappa shape index (κ1) is 13.5. The molecule has 3 heteroatoms. The summed E-state index contributed by atoms with van der Waals surface area (Å²) in [5.41, 5.74) is 1.17. The summed E-state index contributed by atoms with van der Waals surface area (Å²) in [5, 5.41) is 10.6. The lowest BCUT2D eigenvalue weighted by atomic mass is 9.70. The third-order valence-corrected chi connectivity index (χ3v) is 5.44. The van der Waals surface area contributed by atoms with Crippen LogP contribution in [0.15, 0.2) is 29.2 Å². The van der Waals surface area contributed by atoms with Gasteiger partial charge in [0.15, 0.2) is 0 Å². The molecule has 2 nitrogen and oxygen atoms in total. The van der Waals surface area contributed by atoms with Crippen LogP contribution in [0.3, 0.4) is 0 Å². The predicted molar refractivity (Wildman–Crippen MR) is 78.4 cm³/mol. The van der Waals surface area contributed by atoms with Crippen LogP contribution in [-0.2, 0) is 4.74 Å². The molecule has 1 N–H and O–H groups in total. The lowest BCUT2D eigenvalue weighted by Crippen LogP contribution is -2.46. The van der Waals surface area contributed by atoms with Crippen LogP contribution in [0.5, 0.6) is 0 Å². The summed E-state index contributed by atoms with van der Waals surface area (Å²) in [4.78, 5) is 1.25. The van der Waals surface area contributed by atoms with Gasteiger partial charge in [0, 0.05) is 11.5 Å². The first-order chi connectivity index (χ1) is 9.22. The third kappa shape index (κ3) is 2.69. The number of hydrogen-bond acceptors (Lipinski definition) is 3. The molecule has 2 fully saturated rings. The van der Waals surface area contributed by atoms with Crippen LogP contribution in [0.4, 0.5) is 0 Å². The van der Waals surface area contributed by atoms with E-state index in [9.17, 15) is 5.11 Å². The number of aliphatic hydroxyl groups is 1. The molecule has 3 rings (SSSR count). The Balaban J connectivity index is 1.69. The van der Waals surface area contributed by atoms with Gasteiger partial charge in [0.05, 0.1) is 11.7 Å². The summed E-state index contributed by atoms with van der Waals surface area (Å²) >= 11 is 1.74. The van der Waals surface area contributed by atoms with Gasteiger partial charge in [-0.05, 0) is 62.0 Å². The Morgan fingerprint density at radius 2 is 2.05 bits per heavy atom. The summed E-state index contributed by atoms with van der Waals surface area (Å²) in [7, 11) is 0. The second-order valence-corrected chi connectivity index (χ2v) is 6.74. The molecule has 1 spiro atoms. The van der Waals surface area contributed by atoms with Gasteiger partial charge in [0.2, 0.25) is 0 Å². The van der Waals surface area contributed by atoms with E-state index >= 15 is 0 Å². The van der Waals surface area contributed by atoms with E-state index in [1.54, 1.807) is 11.8 Å². The zero-order chi connectivity index (χ0) is 13.3. The average Bonchev–Trinajstić information content (AvgIpc) is 2.45. The molecule has 1 heterocycles. The highest BCUT2D eigenvalue weighted by atomic mass is 32.2. The first-order valence-corrected chi connectivity index (χ1v) is 8.41. The maximum atomic E-state index is 10.6. The van der Waals surface area contributed by atoms with Gasteiger partial charge in [0.25, 0.3) is 0 Å². The van der Waals surface area contributed by atoms with Crippen LogP contribution in [0.1, 0.15) is 43.8 Å². The number of aliphatic hydroxyl groups excluding tert-OH is 1. The van der Waals surface area contributed by atoms with Gasteiger partial charge in [-0.3, -0.25) is 0 Å². The van der Waals surface area contributed by atoms with Crippen molar-refractivity contribution in [3.63, 3.8) is 0 Å². The predicted octanol–water partition coefficient (Wildman–Crippen LogP) is 3.79. The maximum absolute atomic E-state index is 10.6. The summed E-state index contributed by atoms with van der Waals surface area (Å²) in [6, 6.07) is 8.34. The van der Waals surface area contributed by atoms with Crippen molar-refractivity contribution < 1.29 is 9.84 Å². The van der Waals surface area contributed by atoms with E-state index in [2.05, 4.69) is 30.5 Å². The SMILES string of the molecule is CSc1ccc(C(O)C2CCOC3(CCC3)C2)cc1. The van der Waals surface area contributed by atoms with Gasteiger partial charge >= 0.3 is 0 Å². The number of ether oxygens (including phenoxy) is 1. The first-order valence-electron chi connectivity index (χ1n) is 7.18. The molecule has 2 aliphatic rings. The lowest BCUT2D eigenvalue weighted by Gasteiger charge is -2.48. The van der Waals surface area contributed by atoms with Crippen LogP contribution < -0.4 is 0 Å². The second-order valence-electron chi connectivity index (χ2n) is 5.86. The normalized spacial score (nSPS) is 26.9. The van der Waals surface area contributed by atoms with Crippen molar-refractivity contribution >= 4 is 11.8 Å². The van der Waals surface area contributed by atoms with E-state index in [-0.39, 0.29) is 11.7 Å². The average molecular weight is 278 g/mol. The minimum Gasteiger partial charge on any atom is -0.388 e. The van der Waals surface area contributed by atoms with Crippen molar-refractivity contribution in [3.8, 4) is 0 Å². The highest BCUT2D eigenvalue weighted by molar-refractivity contribution is 7.98. The molecule has 19 heavy (non-hydrogen) atoms. The molecule has 0 aromatic heterocycles. The van der Waals surface area contributed by atoms with Crippen molar-refractivity contribution in [2.24, 2.45) is 5.92 Å². The minimum absolute atomic E-state index is 0.114. The monoisotopic (exact) mass is 278 g/mol. The minimum atomic E-state index is -0.336. The summed E-state index contributed by atoms with van der Waals surface area (Å²) in [6.07, 6.45) is 7.39. The molecule has 0 amide bonds. The van der Waals surface area contributed by atoms with Crippen molar-refractivity contribution in [1.29, 1.82) is 0 Å². The maximum Gasteiger partial charge on any atom is 0.0820 e. The summed E-state index contributed by atoms with van der Waals surface area (Å²) in [6.45, 7) is 0.810. The topological polar surface area (TPSA) is 29.5 Å². The van der Waals surface area contributed by atoms with E-state index in [1.807, 2.05) is 0 Å². The smallest absolute Gasteiger partial charge is 0.0820 e. The Hall–Kier alpha value is -0.510. The number of benzene rings is 1. The van der Waals surface area contributed by atoms with Gasteiger partial charge in [-0.15, -0.1) is 11.8 Å². The summed E-state index contributed by atoms with van der Waals surface area (Å²) < 4.78 is 5.94.